The van der Waals surface area contributed by atoms with E-state index in [1.807, 2.05) is 52.5 Å². The molecule has 3 heterocycles. The second-order valence-electron chi connectivity index (χ2n) is 4.81. The van der Waals surface area contributed by atoms with E-state index < -0.39 is 0 Å². The molecule has 4 rings (SSSR count). The Morgan fingerprint density at radius 3 is 2.95 bits per heavy atom. The molecule has 0 bridgehead atoms. The third-order valence-electron chi connectivity index (χ3n) is 3.37. The predicted octanol–water partition coefficient (Wildman–Crippen LogP) is 3.37. The van der Waals surface area contributed by atoms with Crippen molar-refractivity contribution in [1.29, 1.82) is 0 Å². The number of benzene rings is 1. The van der Waals surface area contributed by atoms with Crippen molar-refractivity contribution in [1.82, 2.24) is 14.4 Å². The minimum absolute atomic E-state index is 0.00786. The Morgan fingerprint density at radius 2 is 2.05 bits per heavy atom. The smallest absolute Gasteiger partial charge is 0.193 e. The summed E-state index contributed by atoms with van der Waals surface area (Å²) in [4.78, 5) is 22.1. The molecule has 0 spiro atoms. The van der Waals surface area contributed by atoms with E-state index in [0.29, 0.717) is 5.69 Å². The molecule has 21 heavy (non-hydrogen) atoms. The third-order valence-corrected chi connectivity index (χ3v) is 4.14. The van der Waals surface area contributed by atoms with Gasteiger partial charge in [-0.3, -0.25) is 9.20 Å². The third kappa shape index (κ3) is 2.21. The molecule has 3 aromatic heterocycles. The summed E-state index contributed by atoms with van der Waals surface area (Å²) in [5.41, 5.74) is 2.11. The van der Waals surface area contributed by atoms with Crippen LogP contribution in [0.3, 0.4) is 0 Å². The van der Waals surface area contributed by atoms with Crippen molar-refractivity contribution in [2.45, 2.75) is 6.42 Å². The Bertz CT molecular complexity index is 926. The normalized spacial score (nSPS) is 11.2. The lowest BCUT2D eigenvalue weighted by atomic mass is 10.1. The fourth-order valence-electron chi connectivity index (χ4n) is 2.34. The second-order valence-corrected chi connectivity index (χ2v) is 5.69. The highest BCUT2D eigenvalue weighted by atomic mass is 32.1. The number of nitrogens with zero attached hydrogens (tertiary/aromatic N) is 3. The number of ketones is 1. The van der Waals surface area contributed by atoms with Gasteiger partial charge in [0.15, 0.2) is 10.7 Å². The van der Waals surface area contributed by atoms with E-state index >= 15 is 0 Å². The average molecular weight is 293 g/mol. The quantitative estimate of drug-likeness (QED) is 0.544. The fraction of sp³-hybridized carbons (Fsp3) is 0.0625. The number of thiazole rings is 1. The fourth-order valence-corrected chi connectivity index (χ4v) is 3.06. The lowest BCUT2D eigenvalue weighted by Gasteiger charge is -2.01. The van der Waals surface area contributed by atoms with Crippen molar-refractivity contribution >= 4 is 33.0 Å². The molecule has 0 aliphatic rings. The highest BCUT2D eigenvalue weighted by Gasteiger charge is 2.12. The Kier molecular flexibility index (Phi) is 2.79. The zero-order valence-corrected chi connectivity index (χ0v) is 11.9. The van der Waals surface area contributed by atoms with Crippen molar-refractivity contribution in [3.63, 3.8) is 0 Å². The van der Waals surface area contributed by atoms with E-state index in [2.05, 4.69) is 9.97 Å². The molecule has 1 aromatic carbocycles. The van der Waals surface area contributed by atoms with Crippen LogP contribution in [0.5, 0.6) is 0 Å². The van der Waals surface area contributed by atoms with Crippen molar-refractivity contribution in [3.8, 4) is 0 Å². The Hall–Kier alpha value is -2.53. The molecule has 0 amide bonds. The molecule has 0 N–H and O–H groups in total. The first-order chi connectivity index (χ1) is 10.3. The van der Waals surface area contributed by atoms with Crippen LogP contribution in [-0.4, -0.2) is 20.2 Å². The van der Waals surface area contributed by atoms with E-state index in [1.54, 1.807) is 17.4 Å². The van der Waals surface area contributed by atoms with Crippen LogP contribution in [0.4, 0.5) is 0 Å². The molecular weight excluding hydrogens is 282 g/mol. The lowest BCUT2D eigenvalue weighted by Crippen LogP contribution is -2.06. The van der Waals surface area contributed by atoms with Gasteiger partial charge >= 0.3 is 0 Å². The van der Waals surface area contributed by atoms with Gasteiger partial charge < -0.3 is 0 Å². The summed E-state index contributed by atoms with van der Waals surface area (Å²) in [6.07, 6.45) is 4.11. The minimum atomic E-state index is -0.00786. The number of pyridine rings is 1. The summed E-state index contributed by atoms with van der Waals surface area (Å²) in [5.74, 6) is -0.00786. The zero-order chi connectivity index (χ0) is 14.2. The Morgan fingerprint density at radius 1 is 1.14 bits per heavy atom. The van der Waals surface area contributed by atoms with Crippen LogP contribution >= 0.6 is 11.3 Å². The number of para-hydroxylation sites is 1. The van der Waals surface area contributed by atoms with E-state index in [9.17, 15) is 4.79 Å². The van der Waals surface area contributed by atoms with Crippen molar-refractivity contribution in [3.05, 3.63) is 65.6 Å². The molecule has 0 atom stereocenters. The van der Waals surface area contributed by atoms with Crippen LogP contribution in [0.2, 0.25) is 0 Å². The van der Waals surface area contributed by atoms with Gasteiger partial charge in [-0.05, 0) is 12.1 Å². The van der Waals surface area contributed by atoms with Gasteiger partial charge in [-0.15, -0.1) is 11.3 Å². The van der Waals surface area contributed by atoms with Gasteiger partial charge in [0, 0.05) is 23.2 Å². The van der Waals surface area contributed by atoms with Gasteiger partial charge in [0.2, 0.25) is 0 Å². The van der Waals surface area contributed by atoms with Gasteiger partial charge in [-0.1, -0.05) is 24.3 Å². The van der Waals surface area contributed by atoms with Crippen molar-refractivity contribution < 1.29 is 4.79 Å². The number of fused-ring (bicyclic) bond motifs is 2. The lowest BCUT2D eigenvalue weighted by molar-refractivity contribution is 0.0987. The van der Waals surface area contributed by atoms with Gasteiger partial charge in [-0.2, -0.15) is 0 Å². The molecule has 0 unspecified atom stereocenters. The molecular formula is C16H11N3OS. The largest absolute Gasteiger partial charge is 0.297 e. The molecule has 0 aliphatic heterocycles. The van der Waals surface area contributed by atoms with Crippen LogP contribution in [-0.2, 0) is 6.42 Å². The maximum Gasteiger partial charge on any atom is 0.193 e. The monoisotopic (exact) mass is 293 g/mol. The van der Waals surface area contributed by atoms with Crippen LogP contribution < -0.4 is 0 Å². The molecule has 5 heteroatoms. The molecule has 0 radical (unpaired) electrons. The van der Waals surface area contributed by atoms with Crippen LogP contribution in [0.1, 0.15) is 16.2 Å². The average Bonchev–Trinajstić information content (AvgIpc) is 3.08. The molecule has 0 aliphatic carbocycles. The maximum absolute atomic E-state index is 12.3. The van der Waals surface area contributed by atoms with Gasteiger partial charge in [0.1, 0.15) is 5.69 Å². The number of imidazole rings is 1. The number of carbonyl (C=O) groups is 1. The summed E-state index contributed by atoms with van der Waals surface area (Å²) in [6.45, 7) is 0. The topological polar surface area (TPSA) is 47.3 Å². The minimum Gasteiger partial charge on any atom is -0.297 e. The molecule has 0 fully saturated rings. The van der Waals surface area contributed by atoms with E-state index in [1.165, 1.54) is 0 Å². The number of hydrogen-bond donors (Lipinski definition) is 0. The van der Waals surface area contributed by atoms with E-state index in [4.69, 9.17) is 0 Å². The van der Waals surface area contributed by atoms with Crippen LogP contribution in [0.25, 0.3) is 15.9 Å². The Balaban J connectivity index is 1.64. The summed E-state index contributed by atoms with van der Waals surface area (Å²) >= 11 is 1.56. The van der Waals surface area contributed by atoms with Crippen LogP contribution in [0, 0.1) is 0 Å². The van der Waals surface area contributed by atoms with Gasteiger partial charge in [-0.25, -0.2) is 9.97 Å². The number of carbonyl (C=O) groups excluding carboxylic acids is 1. The molecule has 4 aromatic rings. The summed E-state index contributed by atoms with van der Waals surface area (Å²) in [5, 5.41) is 3.01. The van der Waals surface area contributed by atoms with Gasteiger partial charge in [0.25, 0.3) is 0 Å². The number of rotatable bonds is 3. The first-order valence-corrected chi connectivity index (χ1v) is 7.48. The molecule has 0 saturated heterocycles. The predicted molar refractivity (Wildman–Crippen MR) is 82.8 cm³/mol. The van der Waals surface area contributed by atoms with Crippen molar-refractivity contribution in [2.75, 3.05) is 0 Å². The molecule has 102 valence electrons. The first-order valence-electron chi connectivity index (χ1n) is 6.60. The summed E-state index contributed by atoms with van der Waals surface area (Å²) in [7, 11) is 0. The van der Waals surface area contributed by atoms with E-state index in [0.717, 1.165) is 21.6 Å². The van der Waals surface area contributed by atoms with E-state index in [-0.39, 0.29) is 12.2 Å². The number of Topliss-reactive ketones (excluding diaryl/α,β-unsaturated/α-hetero) is 1. The number of aromatic nitrogens is 3. The molecule has 4 nitrogen and oxygen atoms in total. The summed E-state index contributed by atoms with van der Waals surface area (Å²) in [6, 6.07) is 11.5. The van der Waals surface area contributed by atoms with Crippen molar-refractivity contribution in [2.24, 2.45) is 0 Å². The highest BCUT2D eigenvalue weighted by Crippen LogP contribution is 2.15. The maximum atomic E-state index is 12.3. The van der Waals surface area contributed by atoms with Gasteiger partial charge in [0.05, 0.1) is 17.6 Å². The first kappa shape index (κ1) is 12.2. The van der Waals surface area contributed by atoms with Crippen LogP contribution in [0.15, 0.2) is 54.2 Å². The second kappa shape index (κ2) is 4.79. The summed E-state index contributed by atoms with van der Waals surface area (Å²) < 4.78 is 1.93. The Labute approximate surface area is 124 Å². The standard InChI is InChI=1S/C16H11N3OS/c20-15(9-12-10-19-7-8-21-16(19)17-12)14-6-5-11-3-1-2-4-13(11)18-14/h1-8,10H,9H2. The zero-order valence-electron chi connectivity index (χ0n) is 11.1. The molecule has 0 saturated carbocycles. The number of hydrogen-bond acceptors (Lipinski definition) is 4. The SMILES string of the molecule is O=C(Cc1cn2ccsc2n1)c1ccc2ccccc2n1. The highest BCUT2D eigenvalue weighted by molar-refractivity contribution is 7.15.